The molecule has 5 nitrogen and oxygen atoms in total. The first-order valence-electron chi connectivity index (χ1n) is 7.35. The van der Waals surface area contributed by atoms with Crippen LogP contribution in [0.1, 0.15) is 0 Å². The number of nitrogens with zero attached hydrogens (tertiary/aromatic N) is 2. The molecular formula is C18H15ClN4O. The van der Waals surface area contributed by atoms with Crippen molar-refractivity contribution in [3.63, 3.8) is 0 Å². The zero-order valence-corrected chi connectivity index (χ0v) is 13.5. The maximum Gasteiger partial charge on any atom is 0.239 e. The molecule has 1 heterocycles. The molecule has 0 aliphatic carbocycles. The molecule has 2 N–H and O–H groups in total. The second kappa shape index (κ2) is 7.57. The van der Waals surface area contributed by atoms with Gasteiger partial charge in [-0.2, -0.15) is 0 Å². The minimum absolute atomic E-state index is 0.0663. The van der Waals surface area contributed by atoms with Crippen molar-refractivity contribution in [2.75, 3.05) is 16.5 Å². The van der Waals surface area contributed by atoms with Crippen molar-refractivity contribution in [1.29, 1.82) is 0 Å². The van der Waals surface area contributed by atoms with Gasteiger partial charge in [-0.25, -0.2) is 9.97 Å². The average molecular weight is 339 g/mol. The molecule has 0 spiro atoms. The molecular weight excluding hydrogens is 324 g/mol. The largest absolute Gasteiger partial charge is 0.340 e. The lowest BCUT2D eigenvalue weighted by atomic mass is 10.1. The van der Waals surface area contributed by atoms with E-state index in [0.29, 0.717) is 11.5 Å². The van der Waals surface area contributed by atoms with Crippen LogP contribution in [0.3, 0.4) is 0 Å². The predicted octanol–water partition coefficient (Wildman–Crippen LogP) is 4.06. The van der Waals surface area contributed by atoms with E-state index in [9.17, 15) is 4.79 Å². The number of rotatable bonds is 5. The number of hydrogen-bond acceptors (Lipinski definition) is 4. The maximum absolute atomic E-state index is 11.3. The van der Waals surface area contributed by atoms with Crippen molar-refractivity contribution in [3.05, 3.63) is 67.0 Å². The van der Waals surface area contributed by atoms with Crippen LogP contribution < -0.4 is 10.6 Å². The Labute approximate surface area is 144 Å². The van der Waals surface area contributed by atoms with E-state index in [1.165, 1.54) is 6.33 Å². The number of nitrogens with one attached hydrogen (secondary N) is 2. The van der Waals surface area contributed by atoms with Gasteiger partial charge in [-0.15, -0.1) is 11.6 Å². The lowest BCUT2D eigenvalue weighted by molar-refractivity contribution is -0.113. The number of carbonyl (C=O) groups excluding carboxylic acids is 1. The molecule has 0 radical (unpaired) electrons. The lowest BCUT2D eigenvalue weighted by Gasteiger charge is -2.08. The van der Waals surface area contributed by atoms with Crippen LogP contribution in [0, 0.1) is 0 Å². The van der Waals surface area contributed by atoms with Gasteiger partial charge in [0.15, 0.2) is 0 Å². The van der Waals surface area contributed by atoms with Crippen LogP contribution in [0.5, 0.6) is 0 Å². The van der Waals surface area contributed by atoms with Gasteiger partial charge in [-0.1, -0.05) is 30.3 Å². The highest BCUT2D eigenvalue weighted by Gasteiger charge is 2.03. The summed E-state index contributed by atoms with van der Waals surface area (Å²) in [5.74, 6) is 0.394. The third-order valence-corrected chi connectivity index (χ3v) is 3.54. The van der Waals surface area contributed by atoms with E-state index >= 15 is 0 Å². The normalized spacial score (nSPS) is 10.2. The highest BCUT2D eigenvalue weighted by Crippen LogP contribution is 2.21. The molecule has 0 bridgehead atoms. The third-order valence-electron chi connectivity index (χ3n) is 3.30. The molecule has 0 atom stereocenters. The standard InChI is InChI=1S/C18H15ClN4O/c19-11-18(24)23-15-8-6-14(7-9-15)22-17-10-16(20-12-21-17)13-4-2-1-3-5-13/h1-10,12H,11H2,(H,23,24)(H,20,21,22). The molecule has 0 saturated carbocycles. The summed E-state index contributed by atoms with van der Waals surface area (Å²) in [6.45, 7) is 0. The first kappa shape index (κ1) is 16.0. The van der Waals surface area contributed by atoms with Crippen molar-refractivity contribution in [1.82, 2.24) is 9.97 Å². The molecule has 3 rings (SSSR count). The van der Waals surface area contributed by atoms with Gasteiger partial charge in [0.2, 0.25) is 5.91 Å². The molecule has 24 heavy (non-hydrogen) atoms. The SMILES string of the molecule is O=C(CCl)Nc1ccc(Nc2cc(-c3ccccc3)ncn2)cc1. The quantitative estimate of drug-likeness (QED) is 0.688. The van der Waals surface area contributed by atoms with Gasteiger partial charge in [-0.05, 0) is 24.3 Å². The summed E-state index contributed by atoms with van der Waals surface area (Å²) in [4.78, 5) is 19.8. The minimum Gasteiger partial charge on any atom is -0.340 e. The summed E-state index contributed by atoms with van der Waals surface area (Å²) in [6.07, 6.45) is 1.53. The molecule has 0 saturated heterocycles. The van der Waals surface area contributed by atoms with Gasteiger partial charge in [-0.3, -0.25) is 4.79 Å². The van der Waals surface area contributed by atoms with E-state index in [1.807, 2.05) is 48.5 Å². The number of anilines is 3. The van der Waals surface area contributed by atoms with Crippen molar-refractivity contribution in [2.24, 2.45) is 0 Å². The Morgan fingerprint density at radius 1 is 0.958 bits per heavy atom. The first-order valence-corrected chi connectivity index (χ1v) is 7.88. The van der Waals surface area contributed by atoms with E-state index in [0.717, 1.165) is 16.9 Å². The van der Waals surface area contributed by atoms with Gasteiger partial charge >= 0.3 is 0 Å². The second-order valence-electron chi connectivity index (χ2n) is 5.04. The fourth-order valence-electron chi connectivity index (χ4n) is 2.17. The molecule has 0 fully saturated rings. The van der Waals surface area contributed by atoms with E-state index in [-0.39, 0.29) is 11.8 Å². The first-order chi connectivity index (χ1) is 11.7. The minimum atomic E-state index is -0.235. The Hall–Kier alpha value is -2.92. The van der Waals surface area contributed by atoms with Crippen molar-refractivity contribution < 1.29 is 4.79 Å². The smallest absolute Gasteiger partial charge is 0.239 e. The molecule has 0 aliphatic rings. The zero-order valence-electron chi connectivity index (χ0n) is 12.7. The van der Waals surface area contributed by atoms with Crippen LogP contribution in [0.15, 0.2) is 67.0 Å². The predicted molar refractivity (Wildman–Crippen MR) is 96.5 cm³/mol. The summed E-state index contributed by atoms with van der Waals surface area (Å²) in [7, 11) is 0. The molecule has 0 unspecified atom stereocenters. The van der Waals surface area contributed by atoms with Gasteiger partial charge in [0.25, 0.3) is 0 Å². The summed E-state index contributed by atoms with van der Waals surface area (Å²) < 4.78 is 0. The summed E-state index contributed by atoms with van der Waals surface area (Å²) in [5, 5.41) is 5.91. The van der Waals surface area contributed by atoms with Crippen molar-refractivity contribution in [3.8, 4) is 11.3 Å². The Kier molecular flexibility index (Phi) is 5.03. The van der Waals surface area contributed by atoms with Gasteiger partial charge in [0.1, 0.15) is 18.0 Å². The fraction of sp³-hybridized carbons (Fsp3) is 0.0556. The Morgan fingerprint density at radius 3 is 2.38 bits per heavy atom. The summed E-state index contributed by atoms with van der Waals surface area (Å²) in [5.41, 5.74) is 3.43. The Morgan fingerprint density at radius 2 is 1.67 bits per heavy atom. The maximum atomic E-state index is 11.3. The number of benzene rings is 2. The molecule has 1 aromatic heterocycles. The van der Waals surface area contributed by atoms with Gasteiger partial charge in [0, 0.05) is 23.0 Å². The van der Waals surface area contributed by atoms with E-state index in [2.05, 4.69) is 20.6 Å². The molecule has 0 aliphatic heterocycles. The monoisotopic (exact) mass is 338 g/mol. The van der Waals surface area contributed by atoms with E-state index in [1.54, 1.807) is 12.1 Å². The van der Waals surface area contributed by atoms with Crippen LogP contribution in [0.2, 0.25) is 0 Å². The van der Waals surface area contributed by atoms with Crippen LogP contribution in [-0.2, 0) is 4.79 Å². The van der Waals surface area contributed by atoms with Crippen LogP contribution in [-0.4, -0.2) is 21.8 Å². The molecule has 6 heteroatoms. The molecule has 2 aromatic carbocycles. The van der Waals surface area contributed by atoms with Gasteiger partial charge in [0.05, 0.1) is 5.69 Å². The van der Waals surface area contributed by atoms with Crippen LogP contribution in [0.25, 0.3) is 11.3 Å². The number of alkyl halides is 1. The fourth-order valence-corrected chi connectivity index (χ4v) is 2.24. The average Bonchev–Trinajstić information content (AvgIpc) is 2.64. The van der Waals surface area contributed by atoms with E-state index in [4.69, 9.17) is 11.6 Å². The Balaban J connectivity index is 1.73. The number of hydrogen-bond donors (Lipinski definition) is 2. The molecule has 1 amide bonds. The Bertz CT molecular complexity index is 822. The van der Waals surface area contributed by atoms with Crippen molar-refractivity contribution >= 4 is 34.7 Å². The highest BCUT2D eigenvalue weighted by molar-refractivity contribution is 6.29. The van der Waals surface area contributed by atoms with E-state index < -0.39 is 0 Å². The highest BCUT2D eigenvalue weighted by atomic mass is 35.5. The topological polar surface area (TPSA) is 66.9 Å². The van der Waals surface area contributed by atoms with Gasteiger partial charge < -0.3 is 10.6 Å². The lowest BCUT2D eigenvalue weighted by Crippen LogP contribution is -2.12. The zero-order chi connectivity index (χ0) is 16.8. The third kappa shape index (κ3) is 4.08. The van der Waals surface area contributed by atoms with Crippen LogP contribution in [0.4, 0.5) is 17.2 Å². The summed E-state index contributed by atoms with van der Waals surface area (Å²) in [6, 6.07) is 19.1. The van der Waals surface area contributed by atoms with Crippen molar-refractivity contribution in [2.45, 2.75) is 0 Å². The number of carbonyl (C=O) groups is 1. The number of halogens is 1. The second-order valence-corrected chi connectivity index (χ2v) is 5.31. The summed E-state index contributed by atoms with van der Waals surface area (Å²) >= 11 is 5.47. The molecule has 3 aromatic rings. The number of amides is 1. The van der Waals surface area contributed by atoms with Crippen LogP contribution >= 0.6 is 11.6 Å². The number of aromatic nitrogens is 2. The molecule has 120 valence electrons.